The number of hydrogen-bond donors (Lipinski definition) is 2. The molecular weight excluding hydrogens is 162 g/mol. The van der Waals surface area contributed by atoms with Gasteiger partial charge in [-0.15, -0.1) is 0 Å². The maximum Gasteiger partial charge on any atom is 0.0923 e. The Hall–Kier alpha value is -1.77. The van der Waals surface area contributed by atoms with Crippen molar-refractivity contribution in [1.29, 1.82) is 0 Å². The molecule has 0 fully saturated rings. The molecule has 0 aliphatic heterocycles. The number of fused-ring (bicyclic) bond motifs is 1. The Morgan fingerprint density at radius 2 is 2.31 bits per heavy atom. The Bertz CT molecular complexity index is 454. The number of rotatable bonds is 1. The number of anilines is 1. The van der Waals surface area contributed by atoms with E-state index in [1.165, 1.54) is 0 Å². The van der Waals surface area contributed by atoms with Gasteiger partial charge < -0.3 is 5.73 Å². The van der Waals surface area contributed by atoms with Crippen LogP contribution in [0.25, 0.3) is 17.0 Å². The fourth-order valence-corrected chi connectivity index (χ4v) is 1.34. The van der Waals surface area contributed by atoms with Crippen molar-refractivity contribution in [2.24, 2.45) is 0 Å². The molecule has 0 aliphatic rings. The van der Waals surface area contributed by atoms with Crippen LogP contribution in [0.15, 0.2) is 24.3 Å². The largest absolute Gasteiger partial charge is 0.399 e. The minimum Gasteiger partial charge on any atom is -0.399 e. The maximum absolute atomic E-state index is 5.64. The molecule has 0 saturated heterocycles. The number of aromatic nitrogens is 2. The zero-order valence-corrected chi connectivity index (χ0v) is 7.41. The number of hydrogen-bond acceptors (Lipinski definition) is 2. The number of aromatic amines is 1. The highest BCUT2D eigenvalue weighted by molar-refractivity contribution is 5.88. The maximum atomic E-state index is 5.64. The lowest BCUT2D eigenvalue weighted by atomic mass is 10.2. The smallest absolute Gasteiger partial charge is 0.0923 e. The van der Waals surface area contributed by atoms with E-state index < -0.39 is 0 Å². The van der Waals surface area contributed by atoms with E-state index in [1.54, 1.807) is 0 Å². The monoisotopic (exact) mass is 173 g/mol. The van der Waals surface area contributed by atoms with Crippen LogP contribution in [-0.2, 0) is 0 Å². The van der Waals surface area contributed by atoms with Crippen molar-refractivity contribution in [3.05, 3.63) is 30.0 Å². The normalized spacial score (nSPS) is 11.5. The first-order chi connectivity index (χ1) is 6.31. The molecule has 66 valence electrons. The van der Waals surface area contributed by atoms with Crippen molar-refractivity contribution in [1.82, 2.24) is 10.2 Å². The molecule has 1 aromatic heterocycles. The molecule has 0 unspecified atom stereocenters. The van der Waals surface area contributed by atoms with Gasteiger partial charge in [0.1, 0.15) is 0 Å². The molecule has 1 heterocycles. The van der Waals surface area contributed by atoms with Gasteiger partial charge in [0.25, 0.3) is 0 Å². The lowest BCUT2D eigenvalue weighted by Gasteiger charge is -1.92. The molecule has 3 heteroatoms. The van der Waals surface area contributed by atoms with Crippen LogP contribution in [0, 0.1) is 0 Å². The van der Waals surface area contributed by atoms with E-state index in [0.717, 1.165) is 22.3 Å². The standard InChI is InChI=1S/C10H11N3/c1-2-3-9-8-5-4-7(11)6-10(8)13-12-9/h2-6H,11H2,1H3,(H,12,13). The Morgan fingerprint density at radius 1 is 1.46 bits per heavy atom. The van der Waals surface area contributed by atoms with Crippen LogP contribution in [0.4, 0.5) is 5.69 Å². The second kappa shape index (κ2) is 2.94. The van der Waals surface area contributed by atoms with Crippen molar-refractivity contribution in [2.75, 3.05) is 5.73 Å². The first-order valence-electron chi connectivity index (χ1n) is 4.17. The van der Waals surface area contributed by atoms with Gasteiger partial charge in [0.05, 0.1) is 11.2 Å². The van der Waals surface area contributed by atoms with Gasteiger partial charge in [0.15, 0.2) is 0 Å². The van der Waals surface area contributed by atoms with Gasteiger partial charge in [-0.3, -0.25) is 5.10 Å². The SMILES string of the molecule is CC=Cc1n[nH]c2cc(N)ccc12. The summed E-state index contributed by atoms with van der Waals surface area (Å²) in [5.41, 5.74) is 8.33. The summed E-state index contributed by atoms with van der Waals surface area (Å²) in [6.07, 6.45) is 3.93. The predicted octanol–water partition coefficient (Wildman–Crippen LogP) is 2.18. The van der Waals surface area contributed by atoms with Crippen LogP contribution >= 0.6 is 0 Å². The van der Waals surface area contributed by atoms with Crippen molar-refractivity contribution in [3.8, 4) is 0 Å². The van der Waals surface area contributed by atoms with Gasteiger partial charge in [0.2, 0.25) is 0 Å². The van der Waals surface area contributed by atoms with E-state index in [1.807, 2.05) is 37.3 Å². The summed E-state index contributed by atoms with van der Waals surface area (Å²) >= 11 is 0. The zero-order chi connectivity index (χ0) is 9.26. The molecule has 0 amide bonds. The van der Waals surface area contributed by atoms with Gasteiger partial charge in [-0.25, -0.2) is 0 Å². The van der Waals surface area contributed by atoms with E-state index in [2.05, 4.69) is 10.2 Å². The van der Waals surface area contributed by atoms with Gasteiger partial charge in [-0.2, -0.15) is 5.10 Å². The van der Waals surface area contributed by atoms with Crippen LogP contribution in [0.2, 0.25) is 0 Å². The third kappa shape index (κ3) is 1.28. The highest BCUT2D eigenvalue weighted by Crippen LogP contribution is 2.19. The van der Waals surface area contributed by atoms with Crippen molar-refractivity contribution in [2.45, 2.75) is 6.92 Å². The second-order valence-electron chi connectivity index (χ2n) is 2.91. The number of allylic oxidation sites excluding steroid dienone is 1. The van der Waals surface area contributed by atoms with E-state index >= 15 is 0 Å². The third-order valence-corrected chi connectivity index (χ3v) is 1.94. The molecule has 1 aromatic carbocycles. The molecule has 3 nitrogen and oxygen atoms in total. The van der Waals surface area contributed by atoms with Gasteiger partial charge in [0, 0.05) is 11.1 Å². The number of nitrogen functional groups attached to an aromatic ring is 1. The van der Waals surface area contributed by atoms with Crippen LogP contribution in [0.3, 0.4) is 0 Å². The summed E-state index contributed by atoms with van der Waals surface area (Å²) in [7, 11) is 0. The van der Waals surface area contributed by atoms with Crippen molar-refractivity contribution < 1.29 is 0 Å². The molecule has 0 spiro atoms. The van der Waals surface area contributed by atoms with Crippen LogP contribution in [0.5, 0.6) is 0 Å². The van der Waals surface area contributed by atoms with Crippen LogP contribution in [0.1, 0.15) is 12.6 Å². The first kappa shape index (κ1) is 7.86. The molecule has 0 saturated carbocycles. The van der Waals surface area contributed by atoms with Gasteiger partial charge >= 0.3 is 0 Å². The molecule has 0 radical (unpaired) electrons. The van der Waals surface area contributed by atoms with E-state index in [-0.39, 0.29) is 0 Å². The number of H-pyrrole nitrogens is 1. The minimum atomic E-state index is 0.753. The average Bonchev–Trinajstić information content (AvgIpc) is 2.49. The summed E-state index contributed by atoms with van der Waals surface area (Å²) in [6.45, 7) is 1.97. The summed E-state index contributed by atoms with van der Waals surface area (Å²) < 4.78 is 0. The van der Waals surface area contributed by atoms with E-state index in [9.17, 15) is 0 Å². The first-order valence-corrected chi connectivity index (χ1v) is 4.17. The summed E-state index contributed by atoms with van der Waals surface area (Å²) in [6, 6.07) is 5.74. The summed E-state index contributed by atoms with van der Waals surface area (Å²) in [5.74, 6) is 0. The fraction of sp³-hybridized carbons (Fsp3) is 0.100. The Morgan fingerprint density at radius 3 is 3.08 bits per heavy atom. The third-order valence-electron chi connectivity index (χ3n) is 1.94. The molecule has 2 aromatic rings. The molecule has 0 bridgehead atoms. The molecular formula is C10H11N3. The highest BCUT2D eigenvalue weighted by Gasteiger charge is 2.01. The predicted molar refractivity (Wildman–Crippen MR) is 55.2 cm³/mol. The summed E-state index contributed by atoms with van der Waals surface area (Å²) in [5, 5.41) is 8.20. The minimum absolute atomic E-state index is 0.753. The molecule has 2 rings (SSSR count). The highest BCUT2D eigenvalue weighted by atomic mass is 15.1. The van der Waals surface area contributed by atoms with Gasteiger partial charge in [-0.1, -0.05) is 6.08 Å². The van der Waals surface area contributed by atoms with E-state index in [4.69, 9.17) is 5.73 Å². The Balaban J connectivity index is 2.68. The Labute approximate surface area is 76.3 Å². The lowest BCUT2D eigenvalue weighted by Crippen LogP contribution is -1.82. The number of benzene rings is 1. The topological polar surface area (TPSA) is 54.7 Å². The summed E-state index contributed by atoms with van der Waals surface area (Å²) in [4.78, 5) is 0. The number of nitrogens with two attached hydrogens (primary N) is 1. The molecule has 0 atom stereocenters. The van der Waals surface area contributed by atoms with Crippen molar-refractivity contribution in [3.63, 3.8) is 0 Å². The molecule has 0 aliphatic carbocycles. The Kier molecular flexibility index (Phi) is 1.77. The van der Waals surface area contributed by atoms with Crippen LogP contribution in [-0.4, -0.2) is 10.2 Å². The van der Waals surface area contributed by atoms with Crippen molar-refractivity contribution >= 4 is 22.7 Å². The quantitative estimate of drug-likeness (QED) is 0.649. The fourth-order valence-electron chi connectivity index (χ4n) is 1.34. The molecule has 13 heavy (non-hydrogen) atoms. The van der Waals surface area contributed by atoms with Gasteiger partial charge in [-0.05, 0) is 31.2 Å². The second-order valence-corrected chi connectivity index (χ2v) is 2.91. The number of nitrogens with one attached hydrogen (secondary N) is 1. The zero-order valence-electron chi connectivity index (χ0n) is 7.41. The van der Waals surface area contributed by atoms with E-state index in [0.29, 0.717) is 0 Å². The lowest BCUT2D eigenvalue weighted by molar-refractivity contribution is 1.11. The average molecular weight is 173 g/mol. The van der Waals surface area contributed by atoms with Crippen LogP contribution < -0.4 is 5.73 Å². The molecule has 3 N–H and O–H groups in total. The number of nitrogens with zero attached hydrogens (tertiary/aromatic N) is 1.